The van der Waals surface area contributed by atoms with Gasteiger partial charge in [-0.1, -0.05) is 29.8 Å². The fraction of sp³-hybridized carbons (Fsp3) is 0.400. The Morgan fingerprint density at radius 2 is 1.76 bits per heavy atom. The first kappa shape index (κ1) is 22.3. The van der Waals surface area contributed by atoms with E-state index in [1.54, 1.807) is 16.8 Å². The first-order valence-corrected chi connectivity index (χ1v) is 12.7. The molecule has 3 atom stereocenters. The van der Waals surface area contributed by atoms with E-state index in [0.717, 1.165) is 27.9 Å². The maximum atomic E-state index is 14.1. The molecule has 2 aliphatic heterocycles. The van der Waals surface area contributed by atoms with Crippen molar-refractivity contribution in [2.24, 2.45) is 5.92 Å². The van der Waals surface area contributed by atoms with Gasteiger partial charge in [0.15, 0.2) is 0 Å². The van der Waals surface area contributed by atoms with Gasteiger partial charge in [0, 0.05) is 43.6 Å². The Kier molecular flexibility index (Phi) is 5.64. The van der Waals surface area contributed by atoms with Crippen LogP contribution in [0.4, 0.5) is 0 Å². The van der Waals surface area contributed by atoms with Gasteiger partial charge >= 0.3 is 0 Å². The van der Waals surface area contributed by atoms with Gasteiger partial charge < -0.3 is 4.57 Å². The Labute approximate surface area is 195 Å². The van der Waals surface area contributed by atoms with Crippen molar-refractivity contribution in [2.45, 2.75) is 44.2 Å². The van der Waals surface area contributed by atoms with Gasteiger partial charge in [0.1, 0.15) is 0 Å². The molecule has 8 heteroatoms. The molecule has 0 N–H and O–H groups in total. The van der Waals surface area contributed by atoms with Crippen molar-refractivity contribution in [3.8, 4) is 5.69 Å². The monoisotopic (exact) mass is 466 g/mol. The minimum absolute atomic E-state index is 0.150. The summed E-state index contributed by atoms with van der Waals surface area (Å²) in [5, 5.41) is 1.91. The molecule has 0 unspecified atom stereocenters. The van der Waals surface area contributed by atoms with Crippen molar-refractivity contribution in [3.63, 3.8) is 0 Å². The number of rotatable bonds is 4. The Bertz CT molecular complexity index is 1230. The van der Waals surface area contributed by atoms with Crippen LogP contribution >= 0.6 is 0 Å². The second-order valence-corrected chi connectivity index (χ2v) is 11.1. The highest BCUT2D eigenvalue weighted by molar-refractivity contribution is 7.89. The third-order valence-electron chi connectivity index (χ3n) is 6.98. The average molecular weight is 467 g/mol. The number of aromatic nitrogens is 2. The summed E-state index contributed by atoms with van der Waals surface area (Å²) < 4.78 is 31.9. The van der Waals surface area contributed by atoms with Crippen molar-refractivity contribution in [2.75, 3.05) is 20.2 Å². The molecule has 0 spiro atoms. The third kappa shape index (κ3) is 3.91. The van der Waals surface area contributed by atoms with Crippen molar-refractivity contribution in [1.82, 2.24) is 18.9 Å². The summed E-state index contributed by atoms with van der Waals surface area (Å²) in [5.74, 6) is 0.150. The molecule has 2 fully saturated rings. The molecule has 174 valence electrons. The lowest BCUT2D eigenvalue weighted by Crippen LogP contribution is -2.49. The maximum absolute atomic E-state index is 14.1. The van der Waals surface area contributed by atoms with Gasteiger partial charge in [-0.2, -0.15) is 9.37 Å². The Morgan fingerprint density at radius 1 is 1.06 bits per heavy atom. The standard InChI is InChI=1S/C25H30N4O3S/c1-17-11-18(2)25(19(3)12-17)33(30,31)29-14-21-15-32-27(4)23(21)13-24(29)20-5-7-22(8-6-20)28-10-9-26-16-28/h5-12,16,21,23-24H,13-15H2,1-4H3/t21-,23-,24-/m0/s1. The number of hydroxylamine groups is 2. The van der Waals surface area contributed by atoms with Crippen LogP contribution in [-0.2, 0) is 14.9 Å². The summed E-state index contributed by atoms with van der Waals surface area (Å²) in [6, 6.07) is 11.9. The van der Waals surface area contributed by atoms with Crippen molar-refractivity contribution >= 4 is 10.0 Å². The SMILES string of the molecule is Cc1cc(C)c(S(=O)(=O)N2C[C@H]3CON(C)[C@H]3C[C@H]2c2ccc(-n3ccnc3)cc2)c(C)c1. The number of benzene rings is 2. The maximum Gasteiger partial charge on any atom is 0.244 e. The van der Waals surface area contributed by atoms with E-state index in [2.05, 4.69) is 4.98 Å². The van der Waals surface area contributed by atoms with Gasteiger partial charge in [-0.15, -0.1) is 0 Å². The minimum Gasteiger partial charge on any atom is -0.306 e. The third-order valence-corrected chi connectivity index (χ3v) is 9.16. The average Bonchev–Trinajstić information content (AvgIpc) is 3.42. The van der Waals surface area contributed by atoms with Crippen LogP contribution in [0.15, 0.2) is 60.0 Å². The summed E-state index contributed by atoms with van der Waals surface area (Å²) in [7, 11) is -1.76. The molecule has 0 saturated carbocycles. The molecule has 3 aromatic rings. The van der Waals surface area contributed by atoms with E-state index in [-0.39, 0.29) is 18.0 Å². The molecule has 5 rings (SSSR count). The molecule has 3 heterocycles. The zero-order valence-electron chi connectivity index (χ0n) is 19.5. The number of piperidine rings is 1. The van der Waals surface area contributed by atoms with Crippen LogP contribution in [0, 0.1) is 26.7 Å². The van der Waals surface area contributed by atoms with Crippen LogP contribution in [0.5, 0.6) is 0 Å². The molecule has 2 saturated heterocycles. The first-order chi connectivity index (χ1) is 15.8. The van der Waals surface area contributed by atoms with Gasteiger partial charge in [-0.3, -0.25) is 4.84 Å². The van der Waals surface area contributed by atoms with Crippen LogP contribution in [0.2, 0.25) is 0 Å². The zero-order chi connectivity index (χ0) is 23.3. The van der Waals surface area contributed by atoms with Gasteiger partial charge in [0.05, 0.1) is 23.9 Å². The van der Waals surface area contributed by atoms with Gasteiger partial charge in [-0.25, -0.2) is 13.4 Å². The van der Waals surface area contributed by atoms with Gasteiger partial charge in [-0.05, 0) is 56.0 Å². The number of fused-ring (bicyclic) bond motifs is 1. The molecular weight excluding hydrogens is 436 g/mol. The molecule has 2 aromatic carbocycles. The van der Waals surface area contributed by atoms with Crippen LogP contribution < -0.4 is 0 Å². The number of sulfonamides is 1. The van der Waals surface area contributed by atoms with E-state index in [0.29, 0.717) is 24.5 Å². The number of imidazole rings is 1. The molecule has 2 aliphatic rings. The predicted molar refractivity (Wildman–Crippen MR) is 126 cm³/mol. The fourth-order valence-corrected chi connectivity index (χ4v) is 7.57. The summed E-state index contributed by atoms with van der Waals surface area (Å²) >= 11 is 0. The highest BCUT2D eigenvalue weighted by atomic mass is 32.2. The van der Waals surface area contributed by atoms with Crippen molar-refractivity contribution < 1.29 is 13.3 Å². The van der Waals surface area contributed by atoms with Crippen LogP contribution in [0.1, 0.15) is 34.7 Å². The van der Waals surface area contributed by atoms with E-state index >= 15 is 0 Å². The largest absolute Gasteiger partial charge is 0.306 e. The molecule has 0 amide bonds. The number of hydrogen-bond donors (Lipinski definition) is 0. The highest BCUT2D eigenvalue weighted by Crippen LogP contribution is 2.42. The molecule has 0 aliphatic carbocycles. The van der Waals surface area contributed by atoms with Gasteiger partial charge in [0.2, 0.25) is 10.0 Å². The van der Waals surface area contributed by atoms with Crippen molar-refractivity contribution in [1.29, 1.82) is 0 Å². The van der Waals surface area contributed by atoms with Crippen molar-refractivity contribution in [3.05, 3.63) is 77.4 Å². The minimum atomic E-state index is -3.70. The Balaban J connectivity index is 1.57. The smallest absolute Gasteiger partial charge is 0.244 e. The van der Waals surface area contributed by atoms with E-state index in [1.807, 2.05) is 80.0 Å². The quantitative estimate of drug-likeness (QED) is 0.585. The van der Waals surface area contributed by atoms with Gasteiger partial charge in [0.25, 0.3) is 0 Å². The normalized spacial score (nSPS) is 24.2. The first-order valence-electron chi connectivity index (χ1n) is 11.3. The molecular formula is C25H30N4O3S. The topological polar surface area (TPSA) is 67.7 Å². The van der Waals surface area contributed by atoms with E-state index < -0.39 is 10.0 Å². The van der Waals surface area contributed by atoms with Crippen LogP contribution in [0.3, 0.4) is 0 Å². The second-order valence-electron chi connectivity index (χ2n) is 9.28. The predicted octanol–water partition coefficient (Wildman–Crippen LogP) is 3.80. The zero-order valence-corrected chi connectivity index (χ0v) is 20.3. The highest BCUT2D eigenvalue weighted by Gasteiger charge is 2.47. The summed E-state index contributed by atoms with van der Waals surface area (Å²) in [6.07, 6.45) is 6.08. The number of hydrogen-bond acceptors (Lipinski definition) is 5. The van der Waals surface area contributed by atoms with E-state index in [4.69, 9.17) is 4.84 Å². The van der Waals surface area contributed by atoms with Crippen LogP contribution in [0.25, 0.3) is 5.69 Å². The number of nitrogens with zero attached hydrogens (tertiary/aromatic N) is 4. The van der Waals surface area contributed by atoms with E-state index in [1.165, 1.54) is 0 Å². The van der Waals surface area contributed by atoms with Crippen LogP contribution in [-0.4, -0.2) is 53.6 Å². The molecule has 1 aromatic heterocycles. The molecule has 7 nitrogen and oxygen atoms in total. The van der Waals surface area contributed by atoms with E-state index in [9.17, 15) is 8.42 Å². The summed E-state index contributed by atoms with van der Waals surface area (Å²) in [6.45, 7) is 6.77. The Hall–Kier alpha value is -2.52. The molecule has 0 radical (unpaired) electrons. The summed E-state index contributed by atoms with van der Waals surface area (Å²) in [4.78, 5) is 10.3. The fourth-order valence-electron chi connectivity index (χ4n) is 5.48. The lowest BCUT2D eigenvalue weighted by atomic mass is 9.87. The lowest BCUT2D eigenvalue weighted by molar-refractivity contribution is -0.113. The lowest BCUT2D eigenvalue weighted by Gasteiger charge is -2.41. The molecule has 33 heavy (non-hydrogen) atoms. The molecule has 0 bridgehead atoms. The number of aryl methyl sites for hydroxylation is 3. The second kappa shape index (κ2) is 8.36. The summed E-state index contributed by atoms with van der Waals surface area (Å²) in [5.41, 5.74) is 4.64. The Morgan fingerprint density at radius 3 is 2.39 bits per heavy atom.